The molecule has 0 spiro atoms. The third kappa shape index (κ3) is 4.28. The lowest BCUT2D eigenvalue weighted by Gasteiger charge is -2.22. The minimum absolute atomic E-state index is 0.0427. The van der Waals surface area contributed by atoms with Gasteiger partial charge in [0.2, 0.25) is 3.42 Å². The maximum atomic E-state index is 10.7. The largest absolute Gasteiger partial charge is 0.433 e. The molecule has 0 aromatic carbocycles. The van der Waals surface area contributed by atoms with Crippen molar-refractivity contribution in [1.29, 1.82) is 0 Å². The van der Waals surface area contributed by atoms with Gasteiger partial charge < -0.3 is 4.74 Å². The van der Waals surface area contributed by atoms with Crippen LogP contribution in [0.3, 0.4) is 0 Å². The molecule has 0 rings (SSSR count). The second kappa shape index (κ2) is 4.62. The van der Waals surface area contributed by atoms with E-state index in [0.29, 0.717) is 0 Å². The average Bonchev–Trinajstić information content (AvgIpc) is 1.86. The van der Waals surface area contributed by atoms with E-state index >= 15 is 0 Å². The molecule has 0 amide bonds. The van der Waals surface area contributed by atoms with E-state index in [1.54, 1.807) is 0 Å². The molecule has 0 saturated carbocycles. The summed E-state index contributed by atoms with van der Waals surface area (Å²) in [6.07, 6.45) is 1.10. The molecule has 5 heteroatoms. The van der Waals surface area contributed by atoms with Crippen molar-refractivity contribution >= 4 is 53.8 Å². The van der Waals surface area contributed by atoms with Crippen LogP contribution in [0.2, 0.25) is 0 Å². The van der Waals surface area contributed by atoms with Gasteiger partial charge in [-0.05, 0) is 38.8 Å². The highest BCUT2D eigenvalue weighted by Crippen LogP contribution is 2.35. The summed E-state index contributed by atoms with van der Waals surface area (Å²) >= 11 is 9.58. The fraction of sp³-hybridized carbons (Fsp3) is 0.500. The van der Waals surface area contributed by atoms with E-state index in [1.165, 1.54) is 0 Å². The first-order valence-corrected chi connectivity index (χ1v) is 5.27. The Labute approximate surface area is 90.8 Å². The molecule has 1 atom stereocenters. The molecule has 0 N–H and O–H groups in total. The number of ether oxygens (including phenoxy) is 1. The van der Waals surface area contributed by atoms with E-state index in [1.807, 2.05) is 6.92 Å². The van der Waals surface area contributed by atoms with Crippen LogP contribution in [0.1, 0.15) is 6.92 Å². The third-order valence-corrected chi connectivity index (χ3v) is 4.44. The van der Waals surface area contributed by atoms with Crippen LogP contribution in [0.4, 0.5) is 0 Å². The number of rotatable bonds is 3. The Bertz CT molecular complexity index is 165. The SMILES string of the molecule is C=CC(=O)OC(Br)(Br)C(C)Br. The van der Waals surface area contributed by atoms with Crippen LogP contribution in [0.5, 0.6) is 0 Å². The van der Waals surface area contributed by atoms with E-state index in [2.05, 4.69) is 54.4 Å². The van der Waals surface area contributed by atoms with Crippen LogP contribution in [0.15, 0.2) is 12.7 Å². The maximum Gasteiger partial charge on any atom is 0.332 e. The highest BCUT2D eigenvalue weighted by atomic mass is 79.9. The zero-order valence-electron chi connectivity index (χ0n) is 5.81. The summed E-state index contributed by atoms with van der Waals surface area (Å²) in [6.45, 7) is 5.11. The summed E-state index contributed by atoms with van der Waals surface area (Å²) in [7, 11) is 0. The lowest BCUT2D eigenvalue weighted by molar-refractivity contribution is -0.139. The van der Waals surface area contributed by atoms with Crippen LogP contribution in [0, 0.1) is 0 Å². The van der Waals surface area contributed by atoms with Gasteiger partial charge in [-0.25, -0.2) is 4.79 Å². The lowest BCUT2D eigenvalue weighted by atomic mass is 10.5. The molecule has 0 fully saturated rings. The second-order valence-corrected chi connectivity index (χ2v) is 6.60. The zero-order valence-corrected chi connectivity index (χ0v) is 10.6. The molecular formula is C6H7Br3O2. The number of esters is 1. The number of carbonyl (C=O) groups excluding carboxylic acids is 1. The summed E-state index contributed by atoms with van der Waals surface area (Å²) in [5.41, 5.74) is 0. The van der Waals surface area contributed by atoms with Gasteiger partial charge >= 0.3 is 5.97 Å². The number of halogens is 3. The van der Waals surface area contributed by atoms with Crippen molar-refractivity contribution in [3.63, 3.8) is 0 Å². The number of carbonyl (C=O) groups is 1. The predicted octanol–water partition coefficient (Wildman–Crippen LogP) is 2.94. The molecular weight excluding hydrogens is 344 g/mol. The Morgan fingerprint density at radius 3 is 2.45 bits per heavy atom. The highest BCUT2D eigenvalue weighted by Gasteiger charge is 2.32. The van der Waals surface area contributed by atoms with Crippen molar-refractivity contribution < 1.29 is 9.53 Å². The Balaban J connectivity index is 4.11. The highest BCUT2D eigenvalue weighted by molar-refractivity contribution is 9.26. The van der Waals surface area contributed by atoms with E-state index in [9.17, 15) is 4.79 Å². The van der Waals surface area contributed by atoms with Crippen LogP contribution >= 0.6 is 47.8 Å². The van der Waals surface area contributed by atoms with E-state index in [4.69, 9.17) is 4.74 Å². The maximum absolute atomic E-state index is 10.7. The minimum atomic E-state index is -0.856. The van der Waals surface area contributed by atoms with Gasteiger partial charge in [-0.1, -0.05) is 22.5 Å². The van der Waals surface area contributed by atoms with Crippen LogP contribution < -0.4 is 0 Å². The van der Waals surface area contributed by atoms with Gasteiger partial charge in [0.25, 0.3) is 0 Å². The van der Waals surface area contributed by atoms with E-state index in [-0.39, 0.29) is 4.83 Å². The molecule has 0 aliphatic carbocycles. The topological polar surface area (TPSA) is 26.3 Å². The molecule has 0 aromatic heterocycles. The summed E-state index contributed by atoms with van der Waals surface area (Å²) in [6, 6.07) is 0. The molecule has 1 unspecified atom stereocenters. The first kappa shape index (κ1) is 11.6. The smallest absolute Gasteiger partial charge is 0.332 e. The van der Waals surface area contributed by atoms with Crippen molar-refractivity contribution in [1.82, 2.24) is 0 Å². The van der Waals surface area contributed by atoms with E-state index in [0.717, 1.165) is 6.08 Å². The van der Waals surface area contributed by atoms with Gasteiger partial charge in [-0.3, -0.25) is 0 Å². The van der Waals surface area contributed by atoms with Crippen LogP contribution in [0.25, 0.3) is 0 Å². The van der Waals surface area contributed by atoms with Crippen molar-refractivity contribution in [2.45, 2.75) is 15.2 Å². The van der Waals surface area contributed by atoms with Crippen molar-refractivity contribution in [2.75, 3.05) is 0 Å². The fourth-order valence-electron chi connectivity index (χ4n) is 0.257. The normalized spacial score (nSPS) is 13.8. The first-order valence-electron chi connectivity index (χ1n) is 2.77. The number of hydrogen-bond acceptors (Lipinski definition) is 2. The molecule has 0 aliphatic heterocycles. The van der Waals surface area contributed by atoms with Gasteiger partial charge in [0, 0.05) is 6.08 Å². The predicted molar refractivity (Wildman–Crippen MR) is 55.3 cm³/mol. The molecule has 0 bridgehead atoms. The molecule has 0 radical (unpaired) electrons. The monoisotopic (exact) mass is 348 g/mol. The van der Waals surface area contributed by atoms with Gasteiger partial charge in [-0.2, -0.15) is 0 Å². The van der Waals surface area contributed by atoms with Crippen LogP contribution in [-0.2, 0) is 9.53 Å². The molecule has 2 nitrogen and oxygen atoms in total. The molecule has 0 heterocycles. The summed E-state index contributed by atoms with van der Waals surface area (Å²) in [5.74, 6) is -0.481. The Hall–Kier alpha value is 0.650. The minimum Gasteiger partial charge on any atom is -0.433 e. The summed E-state index contributed by atoms with van der Waals surface area (Å²) in [4.78, 5) is 10.7. The van der Waals surface area contributed by atoms with Crippen molar-refractivity contribution in [3.05, 3.63) is 12.7 Å². The standard InChI is InChI=1S/C6H7Br3O2/c1-3-5(10)11-6(8,9)4(2)7/h3-4H,1H2,2H3. The zero-order chi connectivity index (χ0) is 9.07. The van der Waals surface area contributed by atoms with Gasteiger partial charge in [0.1, 0.15) is 0 Å². The summed E-state index contributed by atoms with van der Waals surface area (Å²) < 4.78 is 4.02. The lowest BCUT2D eigenvalue weighted by Crippen LogP contribution is -2.28. The van der Waals surface area contributed by atoms with Crippen molar-refractivity contribution in [2.24, 2.45) is 0 Å². The molecule has 0 saturated heterocycles. The number of hydrogen-bond donors (Lipinski definition) is 0. The Kier molecular flexibility index (Phi) is 4.89. The second-order valence-electron chi connectivity index (χ2n) is 1.80. The van der Waals surface area contributed by atoms with Crippen molar-refractivity contribution in [3.8, 4) is 0 Å². The van der Waals surface area contributed by atoms with Gasteiger partial charge in [0.05, 0.1) is 4.83 Å². The molecule has 0 aromatic rings. The fourth-order valence-corrected chi connectivity index (χ4v) is 0.670. The van der Waals surface area contributed by atoms with Crippen LogP contribution in [-0.4, -0.2) is 14.2 Å². The molecule has 11 heavy (non-hydrogen) atoms. The Morgan fingerprint density at radius 1 is 1.73 bits per heavy atom. The van der Waals surface area contributed by atoms with Gasteiger partial charge in [0.15, 0.2) is 0 Å². The Morgan fingerprint density at radius 2 is 2.18 bits per heavy atom. The third-order valence-electron chi connectivity index (χ3n) is 0.866. The summed E-state index contributed by atoms with van der Waals surface area (Å²) in [5, 5.41) is 0. The molecule has 64 valence electrons. The average molecular weight is 351 g/mol. The number of alkyl halides is 3. The first-order chi connectivity index (χ1) is 4.90. The van der Waals surface area contributed by atoms with Gasteiger partial charge in [-0.15, -0.1) is 0 Å². The van der Waals surface area contributed by atoms with E-state index < -0.39 is 9.39 Å². The quantitative estimate of drug-likeness (QED) is 0.444. The molecule has 0 aliphatic rings.